The zero-order chi connectivity index (χ0) is 21.8. The number of amides is 2. The topological polar surface area (TPSA) is 49.9 Å². The van der Waals surface area contributed by atoms with Crippen LogP contribution in [0.1, 0.15) is 49.2 Å². The predicted octanol–water partition coefficient (Wildman–Crippen LogP) is 4.92. The number of thiophene rings is 1. The summed E-state index contributed by atoms with van der Waals surface area (Å²) >= 11 is 1.49. The maximum atomic E-state index is 13.3. The van der Waals surface area contributed by atoms with E-state index in [1.807, 2.05) is 48.2 Å². The van der Waals surface area contributed by atoms with E-state index in [0.717, 1.165) is 42.8 Å². The van der Waals surface area contributed by atoms with Gasteiger partial charge in [0.25, 0.3) is 5.91 Å². The van der Waals surface area contributed by atoms with E-state index in [4.69, 9.17) is 4.74 Å². The molecule has 2 amide bonds. The van der Waals surface area contributed by atoms with Crippen LogP contribution in [-0.2, 0) is 4.79 Å². The van der Waals surface area contributed by atoms with Gasteiger partial charge in [0.2, 0.25) is 5.91 Å². The van der Waals surface area contributed by atoms with Crippen LogP contribution in [0.3, 0.4) is 0 Å². The van der Waals surface area contributed by atoms with Gasteiger partial charge < -0.3 is 14.5 Å². The molecule has 0 aliphatic carbocycles. The molecular formula is C25H32N2O3S. The molecule has 2 saturated heterocycles. The van der Waals surface area contributed by atoms with Crippen molar-refractivity contribution in [3.8, 4) is 16.2 Å². The van der Waals surface area contributed by atoms with Crippen molar-refractivity contribution in [2.24, 2.45) is 11.8 Å². The standard InChI is InChI=1S/C25H32N2O3S/c1-3-30-21-16-22(19-9-5-4-6-10-19)31-23(21)25(29)26-14-11-20(12-15-26)24(28)27-13-7-8-18(2)17-27/h4-6,9-10,16,18,20H,3,7-8,11-15,17H2,1-2H3. The summed E-state index contributed by atoms with van der Waals surface area (Å²) in [5, 5.41) is 0. The Kier molecular flexibility index (Phi) is 6.96. The molecule has 0 saturated carbocycles. The Morgan fingerprint density at radius 2 is 1.81 bits per heavy atom. The van der Waals surface area contributed by atoms with Crippen LogP contribution in [0.5, 0.6) is 5.75 Å². The van der Waals surface area contributed by atoms with E-state index >= 15 is 0 Å². The van der Waals surface area contributed by atoms with Crippen molar-refractivity contribution in [1.29, 1.82) is 0 Å². The SMILES string of the molecule is CCOc1cc(-c2ccccc2)sc1C(=O)N1CCC(C(=O)N2CCCC(C)C2)CC1. The van der Waals surface area contributed by atoms with E-state index in [-0.39, 0.29) is 17.7 Å². The monoisotopic (exact) mass is 440 g/mol. The van der Waals surface area contributed by atoms with Crippen molar-refractivity contribution in [1.82, 2.24) is 9.80 Å². The number of benzene rings is 1. The van der Waals surface area contributed by atoms with Gasteiger partial charge in [0.15, 0.2) is 0 Å². The number of rotatable bonds is 5. The minimum absolute atomic E-state index is 0.0214. The number of ether oxygens (including phenoxy) is 1. The lowest BCUT2D eigenvalue weighted by Gasteiger charge is -2.37. The van der Waals surface area contributed by atoms with E-state index in [1.54, 1.807) is 0 Å². The normalized spacial score (nSPS) is 20.0. The molecule has 1 atom stereocenters. The summed E-state index contributed by atoms with van der Waals surface area (Å²) in [6.45, 7) is 7.71. The fourth-order valence-corrected chi connectivity index (χ4v) is 5.73. The highest BCUT2D eigenvalue weighted by Crippen LogP contribution is 2.38. The average molecular weight is 441 g/mol. The molecule has 0 radical (unpaired) electrons. The second kappa shape index (κ2) is 9.86. The molecule has 5 nitrogen and oxygen atoms in total. The first-order valence-corrected chi connectivity index (χ1v) is 12.3. The van der Waals surface area contributed by atoms with Crippen molar-refractivity contribution < 1.29 is 14.3 Å². The average Bonchev–Trinajstić information content (AvgIpc) is 3.23. The van der Waals surface area contributed by atoms with Crippen molar-refractivity contribution in [2.45, 2.75) is 39.5 Å². The minimum atomic E-state index is 0.0214. The van der Waals surface area contributed by atoms with Crippen LogP contribution in [0.2, 0.25) is 0 Å². The molecular weight excluding hydrogens is 408 g/mol. The largest absolute Gasteiger partial charge is 0.492 e. The molecule has 2 aromatic rings. The second-order valence-corrected chi connectivity index (χ2v) is 9.75. The highest BCUT2D eigenvalue weighted by Gasteiger charge is 2.33. The molecule has 3 heterocycles. The molecule has 1 aromatic carbocycles. The van der Waals surface area contributed by atoms with Gasteiger partial charge in [-0.25, -0.2) is 0 Å². The molecule has 6 heteroatoms. The fourth-order valence-electron chi connectivity index (χ4n) is 4.65. The molecule has 0 bridgehead atoms. The third-order valence-electron chi connectivity index (χ3n) is 6.35. The zero-order valence-corrected chi connectivity index (χ0v) is 19.3. The number of piperidine rings is 2. The summed E-state index contributed by atoms with van der Waals surface area (Å²) in [7, 11) is 0. The lowest BCUT2D eigenvalue weighted by Crippen LogP contribution is -2.46. The number of carbonyl (C=O) groups excluding carboxylic acids is 2. The van der Waals surface area contributed by atoms with Gasteiger partial charge in [-0.3, -0.25) is 9.59 Å². The Labute approximate surface area is 189 Å². The third kappa shape index (κ3) is 4.95. The Balaban J connectivity index is 1.42. The highest BCUT2D eigenvalue weighted by atomic mass is 32.1. The second-order valence-electron chi connectivity index (χ2n) is 8.70. The lowest BCUT2D eigenvalue weighted by atomic mass is 9.92. The quantitative estimate of drug-likeness (QED) is 0.663. The van der Waals surface area contributed by atoms with Gasteiger partial charge in [-0.15, -0.1) is 11.3 Å². The molecule has 166 valence electrons. The smallest absolute Gasteiger partial charge is 0.267 e. The molecule has 4 rings (SSSR count). The fraction of sp³-hybridized carbons (Fsp3) is 0.520. The van der Waals surface area contributed by atoms with Crippen LogP contribution < -0.4 is 4.74 Å². The Morgan fingerprint density at radius 1 is 1.06 bits per heavy atom. The van der Waals surface area contributed by atoms with Crippen LogP contribution in [0.15, 0.2) is 36.4 Å². The van der Waals surface area contributed by atoms with Crippen LogP contribution in [-0.4, -0.2) is 54.4 Å². The summed E-state index contributed by atoms with van der Waals surface area (Å²) < 4.78 is 5.80. The number of nitrogens with zero attached hydrogens (tertiary/aromatic N) is 2. The van der Waals surface area contributed by atoms with Crippen LogP contribution in [0.4, 0.5) is 0 Å². The van der Waals surface area contributed by atoms with Crippen LogP contribution >= 0.6 is 11.3 Å². The summed E-state index contributed by atoms with van der Waals surface area (Å²) in [4.78, 5) is 31.9. The highest BCUT2D eigenvalue weighted by molar-refractivity contribution is 7.17. The number of carbonyl (C=O) groups is 2. The molecule has 0 spiro atoms. The van der Waals surface area contributed by atoms with E-state index < -0.39 is 0 Å². The molecule has 2 fully saturated rings. The molecule has 31 heavy (non-hydrogen) atoms. The van der Waals surface area contributed by atoms with Crippen LogP contribution in [0, 0.1) is 11.8 Å². The Bertz CT molecular complexity index is 903. The van der Waals surface area contributed by atoms with Gasteiger partial charge in [0, 0.05) is 37.0 Å². The third-order valence-corrected chi connectivity index (χ3v) is 7.50. The van der Waals surface area contributed by atoms with Crippen molar-refractivity contribution in [3.05, 3.63) is 41.3 Å². The summed E-state index contributed by atoms with van der Waals surface area (Å²) in [5.41, 5.74) is 1.09. The first-order chi connectivity index (χ1) is 15.1. The van der Waals surface area contributed by atoms with Crippen LogP contribution in [0.25, 0.3) is 10.4 Å². The Morgan fingerprint density at radius 3 is 2.48 bits per heavy atom. The first-order valence-electron chi connectivity index (χ1n) is 11.5. The minimum Gasteiger partial charge on any atom is -0.492 e. The Hall–Kier alpha value is -2.34. The van der Waals surface area contributed by atoms with Gasteiger partial charge in [0.1, 0.15) is 10.6 Å². The van der Waals surface area contributed by atoms with E-state index in [1.165, 1.54) is 17.8 Å². The van der Waals surface area contributed by atoms with Gasteiger partial charge in [-0.05, 0) is 50.2 Å². The maximum absolute atomic E-state index is 13.3. The van der Waals surface area contributed by atoms with E-state index in [0.29, 0.717) is 36.2 Å². The summed E-state index contributed by atoms with van der Waals surface area (Å²) in [6.07, 6.45) is 3.81. The first kappa shape index (κ1) is 21.9. The summed E-state index contributed by atoms with van der Waals surface area (Å²) in [6, 6.07) is 12.1. The summed E-state index contributed by atoms with van der Waals surface area (Å²) in [5.74, 6) is 1.61. The van der Waals surface area contributed by atoms with Crippen molar-refractivity contribution >= 4 is 23.2 Å². The zero-order valence-electron chi connectivity index (χ0n) is 18.5. The van der Waals surface area contributed by atoms with Crippen molar-refractivity contribution in [2.75, 3.05) is 32.8 Å². The molecule has 2 aliphatic heterocycles. The number of hydrogen-bond acceptors (Lipinski definition) is 4. The van der Waals surface area contributed by atoms with Crippen molar-refractivity contribution in [3.63, 3.8) is 0 Å². The maximum Gasteiger partial charge on any atom is 0.267 e. The number of hydrogen-bond donors (Lipinski definition) is 0. The lowest BCUT2D eigenvalue weighted by molar-refractivity contribution is -0.138. The molecule has 1 aromatic heterocycles. The van der Waals surface area contributed by atoms with Gasteiger partial charge in [0.05, 0.1) is 6.61 Å². The predicted molar refractivity (Wildman–Crippen MR) is 125 cm³/mol. The van der Waals surface area contributed by atoms with E-state index in [2.05, 4.69) is 11.8 Å². The van der Waals surface area contributed by atoms with Gasteiger partial charge in [-0.1, -0.05) is 37.3 Å². The van der Waals surface area contributed by atoms with Gasteiger partial charge >= 0.3 is 0 Å². The van der Waals surface area contributed by atoms with Gasteiger partial charge in [-0.2, -0.15) is 0 Å². The van der Waals surface area contributed by atoms with E-state index in [9.17, 15) is 9.59 Å². The molecule has 0 N–H and O–H groups in total. The number of likely N-dealkylation sites (tertiary alicyclic amines) is 2. The molecule has 1 unspecified atom stereocenters. The molecule has 2 aliphatic rings.